The zero-order valence-electron chi connectivity index (χ0n) is 14.8. The van der Waals surface area contributed by atoms with E-state index in [-0.39, 0.29) is 5.97 Å². The standard InChI is InChI=1S/C7H10O2.C4H6O2.C4H8.C3H3ClO/c1-3-5-6-9-7(8)4-2;1-3-4(5)6-2;1-4(2)3;1-2-3(4)5/h3-5H,2,6H2,1H3;3H,1H2,2H3;1H2,2-3H3;2H,1H2. The molecule has 0 aromatic rings. The second kappa shape index (κ2) is 25.5. The minimum Gasteiger partial charge on any atom is -0.466 e. The molecule has 0 aliphatic carbocycles. The highest BCUT2D eigenvalue weighted by molar-refractivity contribution is 6.66. The number of esters is 2. The third-order valence-corrected chi connectivity index (χ3v) is 1.41. The van der Waals surface area contributed by atoms with Crippen molar-refractivity contribution in [3.8, 4) is 0 Å². The monoisotopic (exact) mass is 358 g/mol. The Morgan fingerprint density at radius 3 is 1.54 bits per heavy atom. The summed E-state index contributed by atoms with van der Waals surface area (Å²) in [5.74, 6) is -0.775. The average molecular weight is 359 g/mol. The van der Waals surface area contributed by atoms with Gasteiger partial charge in [0.05, 0.1) is 7.11 Å². The van der Waals surface area contributed by atoms with E-state index in [4.69, 9.17) is 11.6 Å². The van der Waals surface area contributed by atoms with Crippen LogP contribution in [-0.2, 0) is 23.9 Å². The van der Waals surface area contributed by atoms with E-state index in [1.54, 1.807) is 6.08 Å². The summed E-state index contributed by atoms with van der Waals surface area (Å²) in [6.07, 6.45) is 6.86. The van der Waals surface area contributed by atoms with Crippen LogP contribution >= 0.6 is 11.6 Å². The van der Waals surface area contributed by atoms with Crippen molar-refractivity contribution in [2.45, 2.75) is 20.8 Å². The Bertz CT molecular complexity index is 433. The highest BCUT2D eigenvalue weighted by atomic mass is 35.5. The van der Waals surface area contributed by atoms with Gasteiger partial charge in [-0.3, -0.25) is 4.79 Å². The van der Waals surface area contributed by atoms with E-state index >= 15 is 0 Å². The fourth-order valence-corrected chi connectivity index (χ4v) is 0.369. The lowest BCUT2D eigenvalue weighted by Crippen LogP contribution is -1.98. The number of hydrogen-bond donors (Lipinski definition) is 0. The molecule has 0 unspecified atom stereocenters. The van der Waals surface area contributed by atoms with Crippen LogP contribution in [0.1, 0.15) is 20.8 Å². The molecule has 0 N–H and O–H groups in total. The van der Waals surface area contributed by atoms with E-state index in [1.807, 2.05) is 26.8 Å². The predicted molar refractivity (Wildman–Crippen MR) is 99.7 cm³/mol. The van der Waals surface area contributed by atoms with Gasteiger partial charge < -0.3 is 9.47 Å². The summed E-state index contributed by atoms with van der Waals surface area (Å²) in [5, 5.41) is -0.509. The molecule has 0 saturated heterocycles. The minimum absolute atomic E-state index is 0.335. The third-order valence-electron chi connectivity index (χ3n) is 1.25. The van der Waals surface area contributed by atoms with Crippen LogP contribution in [0, 0.1) is 0 Å². The molecule has 0 atom stereocenters. The maximum atomic E-state index is 10.3. The summed E-state index contributed by atoms with van der Waals surface area (Å²) < 4.78 is 8.73. The molecule has 0 fully saturated rings. The molecule has 0 bridgehead atoms. The molecule has 5 nitrogen and oxygen atoms in total. The van der Waals surface area contributed by atoms with Crippen LogP contribution in [0.5, 0.6) is 0 Å². The fraction of sp³-hybridized carbons (Fsp3) is 0.278. The quantitative estimate of drug-likeness (QED) is 0.319. The van der Waals surface area contributed by atoms with Gasteiger partial charge in [0, 0.05) is 12.2 Å². The number of methoxy groups -OCH3 is 1. The SMILES string of the molecule is C=C(C)C.C=CC(=O)Cl.C=CC(=O)OC.C=CC(=O)OCC=CC. The minimum atomic E-state index is -0.509. The Kier molecular flexibility index (Phi) is 31.5. The van der Waals surface area contributed by atoms with Gasteiger partial charge in [-0.2, -0.15) is 0 Å². The van der Waals surface area contributed by atoms with E-state index in [2.05, 4.69) is 35.8 Å². The lowest BCUT2D eigenvalue weighted by molar-refractivity contribution is -0.136. The van der Waals surface area contributed by atoms with Crippen molar-refractivity contribution in [1.29, 1.82) is 0 Å². The molecule has 0 amide bonds. The molecule has 0 aromatic carbocycles. The van der Waals surface area contributed by atoms with E-state index in [1.165, 1.54) is 12.7 Å². The zero-order chi connectivity index (χ0) is 20.0. The molecule has 6 heteroatoms. The first kappa shape index (κ1) is 29.6. The average Bonchev–Trinajstić information content (AvgIpc) is 2.54. The molecule has 0 rings (SSSR count). The second-order valence-electron chi connectivity index (χ2n) is 3.85. The molecule has 0 radical (unpaired) electrons. The number of rotatable bonds is 5. The number of carbonyl (C=O) groups excluding carboxylic acids is 3. The first-order chi connectivity index (χ1) is 11.1. The van der Waals surface area contributed by atoms with Gasteiger partial charge in [0.25, 0.3) is 0 Å². The topological polar surface area (TPSA) is 69.7 Å². The predicted octanol–water partition coefficient (Wildman–Crippen LogP) is 4.16. The highest BCUT2D eigenvalue weighted by Gasteiger charge is 1.88. The summed E-state index contributed by atoms with van der Waals surface area (Å²) in [6.45, 7) is 19.2. The van der Waals surface area contributed by atoms with E-state index < -0.39 is 11.2 Å². The van der Waals surface area contributed by atoms with Gasteiger partial charge in [0.1, 0.15) is 6.61 Å². The van der Waals surface area contributed by atoms with Crippen molar-refractivity contribution in [3.05, 3.63) is 62.3 Å². The van der Waals surface area contributed by atoms with Gasteiger partial charge in [0.2, 0.25) is 5.24 Å². The van der Waals surface area contributed by atoms with Crippen LogP contribution in [0.4, 0.5) is 0 Å². The molecule has 0 aliphatic heterocycles. The maximum Gasteiger partial charge on any atom is 0.330 e. The zero-order valence-corrected chi connectivity index (χ0v) is 15.6. The normalized spacial score (nSPS) is 7.71. The summed E-state index contributed by atoms with van der Waals surface area (Å²) in [7, 11) is 1.31. The van der Waals surface area contributed by atoms with Crippen LogP contribution < -0.4 is 0 Å². The maximum absolute atomic E-state index is 10.3. The number of hydrogen-bond acceptors (Lipinski definition) is 5. The lowest BCUT2D eigenvalue weighted by Gasteiger charge is -1.93. The second-order valence-corrected chi connectivity index (χ2v) is 4.22. The lowest BCUT2D eigenvalue weighted by atomic mass is 10.4. The Labute approximate surface area is 150 Å². The smallest absolute Gasteiger partial charge is 0.330 e. The fourth-order valence-electron chi connectivity index (χ4n) is 0.369. The molecule has 0 saturated carbocycles. The molecule has 136 valence electrons. The Morgan fingerprint density at radius 2 is 1.38 bits per heavy atom. The first-order valence-electron chi connectivity index (χ1n) is 6.67. The van der Waals surface area contributed by atoms with E-state index in [0.29, 0.717) is 6.61 Å². The molecule has 0 heterocycles. The Morgan fingerprint density at radius 1 is 1.00 bits per heavy atom. The summed E-state index contributed by atoms with van der Waals surface area (Å²) >= 11 is 4.71. The molecule has 0 aliphatic rings. The van der Waals surface area contributed by atoms with E-state index in [9.17, 15) is 14.4 Å². The third kappa shape index (κ3) is 60.3. The van der Waals surface area contributed by atoms with Crippen LogP contribution in [0.2, 0.25) is 0 Å². The van der Waals surface area contributed by atoms with Crippen molar-refractivity contribution in [1.82, 2.24) is 0 Å². The summed E-state index contributed by atoms with van der Waals surface area (Å²) in [5.41, 5.74) is 1.17. The van der Waals surface area contributed by atoms with Gasteiger partial charge in [0.15, 0.2) is 0 Å². The van der Waals surface area contributed by atoms with Crippen molar-refractivity contribution >= 4 is 28.8 Å². The van der Waals surface area contributed by atoms with Crippen LogP contribution in [0.15, 0.2) is 62.3 Å². The van der Waals surface area contributed by atoms with Gasteiger partial charge in [-0.05, 0) is 38.4 Å². The molecule has 0 spiro atoms. The van der Waals surface area contributed by atoms with Crippen molar-refractivity contribution in [2.75, 3.05) is 13.7 Å². The van der Waals surface area contributed by atoms with Gasteiger partial charge in [-0.25, -0.2) is 9.59 Å². The molecule has 0 aromatic heterocycles. The Hall–Kier alpha value is -2.40. The van der Waals surface area contributed by atoms with Gasteiger partial charge >= 0.3 is 11.9 Å². The number of carbonyl (C=O) groups is 3. The number of allylic oxidation sites excluding steroid dienone is 3. The first-order valence-corrected chi connectivity index (χ1v) is 7.05. The van der Waals surface area contributed by atoms with Crippen molar-refractivity contribution < 1.29 is 23.9 Å². The molecular weight excluding hydrogens is 332 g/mol. The van der Waals surface area contributed by atoms with Gasteiger partial charge in [-0.15, -0.1) is 6.58 Å². The summed E-state index contributed by atoms with van der Waals surface area (Å²) in [6, 6.07) is 0. The number of ether oxygens (including phenoxy) is 2. The largest absolute Gasteiger partial charge is 0.466 e. The van der Waals surface area contributed by atoms with Crippen molar-refractivity contribution in [3.63, 3.8) is 0 Å². The van der Waals surface area contributed by atoms with Crippen LogP contribution in [0.3, 0.4) is 0 Å². The molecular formula is C18H27ClO5. The van der Waals surface area contributed by atoms with Crippen LogP contribution in [0.25, 0.3) is 0 Å². The van der Waals surface area contributed by atoms with Crippen LogP contribution in [-0.4, -0.2) is 30.9 Å². The molecule has 24 heavy (non-hydrogen) atoms. The Balaban J connectivity index is -0.000000117. The summed E-state index contributed by atoms with van der Waals surface area (Å²) in [4.78, 5) is 29.6. The highest BCUT2D eigenvalue weighted by Crippen LogP contribution is 1.79. The van der Waals surface area contributed by atoms with Gasteiger partial charge in [-0.1, -0.05) is 37.5 Å². The number of halogens is 1. The van der Waals surface area contributed by atoms with Crippen molar-refractivity contribution in [2.24, 2.45) is 0 Å². The van der Waals surface area contributed by atoms with E-state index in [0.717, 1.165) is 18.2 Å².